The fourth-order valence-corrected chi connectivity index (χ4v) is 2.46. The van der Waals surface area contributed by atoms with Crippen LogP contribution in [0.2, 0.25) is 5.02 Å². The summed E-state index contributed by atoms with van der Waals surface area (Å²) in [4.78, 5) is 9.25. The van der Waals surface area contributed by atoms with Crippen molar-refractivity contribution in [3.8, 4) is 11.4 Å². The van der Waals surface area contributed by atoms with Crippen LogP contribution in [-0.2, 0) is 6.54 Å². The van der Waals surface area contributed by atoms with E-state index in [2.05, 4.69) is 29.1 Å². The van der Waals surface area contributed by atoms with Crippen molar-refractivity contribution in [1.29, 1.82) is 0 Å². The molecule has 1 N–H and O–H groups in total. The van der Waals surface area contributed by atoms with Crippen molar-refractivity contribution in [3.63, 3.8) is 0 Å². The Kier molecular flexibility index (Phi) is 5.32. The van der Waals surface area contributed by atoms with Gasteiger partial charge in [-0.2, -0.15) is 0 Å². The third kappa shape index (κ3) is 4.02. The van der Waals surface area contributed by atoms with E-state index in [0.717, 1.165) is 30.0 Å². The van der Waals surface area contributed by atoms with Gasteiger partial charge in [0.25, 0.3) is 0 Å². The van der Waals surface area contributed by atoms with E-state index in [1.54, 1.807) is 0 Å². The molecule has 0 aliphatic carbocycles. The molecular formula is C17H22ClN3. The summed E-state index contributed by atoms with van der Waals surface area (Å²) in [5, 5.41) is 4.13. The van der Waals surface area contributed by atoms with E-state index in [9.17, 15) is 0 Å². The lowest BCUT2D eigenvalue weighted by molar-refractivity contribution is 0.549. The van der Waals surface area contributed by atoms with Crippen LogP contribution in [0.15, 0.2) is 24.3 Å². The van der Waals surface area contributed by atoms with Crippen LogP contribution in [0.1, 0.15) is 30.8 Å². The smallest absolute Gasteiger partial charge is 0.161 e. The summed E-state index contributed by atoms with van der Waals surface area (Å²) in [5.74, 6) is 1.33. The lowest BCUT2D eigenvalue weighted by Crippen LogP contribution is -2.21. The van der Waals surface area contributed by atoms with Gasteiger partial charge in [-0.1, -0.05) is 37.6 Å². The Labute approximate surface area is 131 Å². The van der Waals surface area contributed by atoms with Crippen molar-refractivity contribution in [1.82, 2.24) is 15.3 Å². The van der Waals surface area contributed by atoms with Gasteiger partial charge in [0, 0.05) is 29.1 Å². The Balaban J connectivity index is 2.27. The fourth-order valence-electron chi connectivity index (χ4n) is 2.24. The number of benzene rings is 1. The molecule has 112 valence electrons. The molecule has 21 heavy (non-hydrogen) atoms. The molecule has 2 rings (SSSR count). The molecule has 4 heteroatoms. The van der Waals surface area contributed by atoms with Gasteiger partial charge in [0.1, 0.15) is 0 Å². The summed E-state index contributed by atoms with van der Waals surface area (Å²) < 4.78 is 0. The van der Waals surface area contributed by atoms with Gasteiger partial charge in [0.05, 0.1) is 5.02 Å². The van der Waals surface area contributed by atoms with Gasteiger partial charge in [-0.3, -0.25) is 0 Å². The average molecular weight is 304 g/mol. The van der Waals surface area contributed by atoms with Gasteiger partial charge < -0.3 is 5.32 Å². The molecule has 1 heterocycles. The highest BCUT2D eigenvalue weighted by molar-refractivity contribution is 6.33. The van der Waals surface area contributed by atoms with E-state index < -0.39 is 0 Å². The first kappa shape index (κ1) is 15.9. The van der Waals surface area contributed by atoms with Gasteiger partial charge in [0.15, 0.2) is 5.82 Å². The topological polar surface area (TPSA) is 37.8 Å². The van der Waals surface area contributed by atoms with Crippen LogP contribution in [0.3, 0.4) is 0 Å². The number of aryl methyl sites for hydroxylation is 2. The molecule has 3 nitrogen and oxygen atoms in total. The molecule has 0 amide bonds. The molecule has 0 saturated heterocycles. The van der Waals surface area contributed by atoms with Crippen LogP contribution in [0, 0.1) is 19.8 Å². The van der Waals surface area contributed by atoms with Gasteiger partial charge in [-0.25, -0.2) is 9.97 Å². The maximum Gasteiger partial charge on any atom is 0.161 e. The molecular weight excluding hydrogens is 282 g/mol. The van der Waals surface area contributed by atoms with Crippen LogP contribution >= 0.6 is 11.6 Å². The zero-order valence-electron chi connectivity index (χ0n) is 13.1. The summed E-state index contributed by atoms with van der Waals surface area (Å²) in [6.07, 6.45) is 0. The first-order valence-electron chi connectivity index (χ1n) is 7.28. The van der Waals surface area contributed by atoms with Crippen molar-refractivity contribution in [2.24, 2.45) is 5.92 Å². The molecule has 0 aliphatic heterocycles. The van der Waals surface area contributed by atoms with Crippen LogP contribution in [0.4, 0.5) is 0 Å². The van der Waals surface area contributed by atoms with Gasteiger partial charge in [0.2, 0.25) is 0 Å². The molecule has 0 atom stereocenters. The summed E-state index contributed by atoms with van der Waals surface area (Å²) in [5.41, 5.74) is 4.07. The number of hydrogen-bond acceptors (Lipinski definition) is 3. The predicted octanol–water partition coefficient (Wildman–Crippen LogP) is 4.16. The maximum absolute atomic E-state index is 6.23. The highest BCUT2D eigenvalue weighted by Gasteiger charge is 2.11. The van der Waals surface area contributed by atoms with Gasteiger partial charge in [-0.15, -0.1) is 0 Å². The third-order valence-electron chi connectivity index (χ3n) is 3.39. The number of halogens is 1. The van der Waals surface area contributed by atoms with E-state index >= 15 is 0 Å². The molecule has 1 aromatic heterocycles. The van der Waals surface area contributed by atoms with Gasteiger partial charge >= 0.3 is 0 Å². The first-order chi connectivity index (χ1) is 9.99. The van der Waals surface area contributed by atoms with Crippen LogP contribution in [0.25, 0.3) is 11.4 Å². The third-order valence-corrected chi connectivity index (χ3v) is 3.72. The largest absolute Gasteiger partial charge is 0.312 e. The van der Waals surface area contributed by atoms with Crippen molar-refractivity contribution in [3.05, 3.63) is 46.2 Å². The molecule has 0 spiro atoms. The Bertz CT molecular complexity index is 600. The summed E-state index contributed by atoms with van der Waals surface area (Å²) in [7, 11) is 0. The normalized spacial score (nSPS) is 11.1. The standard InChI is InChI=1S/C17H22ClN3/c1-11(2)9-19-10-15-12(3)20-17(21-13(15)4)14-7-5-6-8-16(14)18/h5-8,11,19H,9-10H2,1-4H3. The Morgan fingerprint density at radius 3 is 2.29 bits per heavy atom. The Hall–Kier alpha value is -1.45. The number of hydrogen-bond donors (Lipinski definition) is 1. The van der Waals surface area contributed by atoms with Crippen molar-refractivity contribution < 1.29 is 0 Å². The van der Waals surface area contributed by atoms with E-state index in [1.165, 1.54) is 5.56 Å². The summed E-state index contributed by atoms with van der Waals surface area (Å²) in [6, 6.07) is 7.68. The average Bonchev–Trinajstić information content (AvgIpc) is 2.42. The highest BCUT2D eigenvalue weighted by Crippen LogP contribution is 2.26. The second-order valence-corrected chi connectivity index (χ2v) is 6.11. The van der Waals surface area contributed by atoms with E-state index in [0.29, 0.717) is 16.8 Å². The summed E-state index contributed by atoms with van der Waals surface area (Å²) >= 11 is 6.23. The monoisotopic (exact) mass is 303 g/mol. The molecule has 0 saturated carbocycles. The van der Waals surface area contributed by atoms with Crippen molar-refractivity contribution in [2.45, 2.75) is 34.2 Å². The quantitative estimate of drug-likeness (QED) is 0.901. The molecule has 0 unspecified atom stereocenters. The molecule has 0 bridgehead atoms. The highest BCUT2D eigenvalue weighted by atomic mass is 35.5. The number of rotatable bonds is 5. The van der Waals surface area contributed by atoms with Crippen LogP contribution in [-0.4, -0.2) is 16.5 Å². The fraction of sp³-hybridized carbons (Fsp3) is 0.412. The molecule has 0 radical (unpaired) electrons. The zero-order valence-corrected chi connectivity index (χ0v) is 13.8. The van der Waals surface area contributed by atoms with E-state index in [1.807, 2.05) is 38.1 Å². The second kappa shape index (κ2) is 7.01. The van der Waals surface area contributed by atoms with Gasteiger partial charge in [-0.05, 0) is 38.4 Å². The lowest BCUT2D eigenvalue weighted by atomic mass is 10.1. The van der Waals surface area contributed by atoms with Crippen molar-refractivity contribution in [2.75, 3.05) is 6.54 Å². The number of nitrogens with zero attached hydrogens (tertiary/aromatic N) is 2. The van der Waals surface area contributed by atoms with E-state index in [-0.39, 0.29) is 0 Å². The minimum Gasteiger partial charge on any atom is -0.312 e. The SMILES string of the molecule is Cc1nc(-c2ccccc2Cl)nc(C)c1CNCC(C)C. The second-order valence-electron chi connectivity index (χ2n) is 5.70. The first-order valence-corrected chi connectivity index (χ1v) is 7.66. The zero-order chi connectivity index (χ0) is 15.4. The lowest BCUT2D eigenvalue weighted by Gasteiger charge is -2.13. The number of nitrogens with one attached hydrogen (secondary N) is 1. The Morgan fingerprint density at radius 1 is 1.10 bits per heavy atom. The molecule has 1 aromatic carbocycles. The maximum atomic E-state index is 6.23. The molecule has 2 aromatic rings. The molecule has 0 aliphatic rings. The predicted molar refractivity (Wildman–Crippen MR) is 88.5 cm³/mol. The minimum atomic E-state index is 0.633. The Morgan fingerprint density at radius 2 is 1.71 bits per heavy atom. The van der Waals surface area contributed by atoms with E-state index in [4.69, 9.17) is 11.6 Å². The van der Waals surface area contributed by atoms with Crippen molar-refractivity contribution >= 4 is 11.6 Å². The van der Waals surface area contributed by atoms with Crippen LogP contribution in [0.5, 0.6) is 0 Å². The summed E-state index contributed by atoms with van der Waals surface area (Å²) in [6.45, 7) is 10.3. The van der Waals surface area contributed by atoms with Crippen LogP contribution < -0.4 is 5.32 Å². The number of aromatic nitrogens is 2. The molecule has 0 fully saturated rings. The minimum absolute atomic E-state index is 0.633.